The molecule has 0 spiro atoms. The summed E-state index contributed by atoms with van der Waals surface area (Å²) in [7, 11) is 0. The summed E-state index contributed by atoms with van der Waals surface area (Å²) in [5, 5.41) is 23.5. The molecule has 4 heteroatoms. The lowest BCUT2D eigenvalue weighted by Gasteiger charge is -2.32. The van der Waals surface area contributed by atoms with E-state index in [9.17, 15) is 19.8 Å². The fourth-order valence-corrected chi connectivity index (χ4v) is 3.45. The third kappa shape index (κ3) is 9.98. The third-order valence-corrected chi connectivity index (χ3v) is 5.08. The number of carbonyl (C=O) groups is 2. The molecule has 152 valence electrons. The van der Waals surface area contributed by atoms with Gasteiger partial charge in [0.05, 0.1) is 11.9 Å². The second-order valence-corrected chi connectivity index (χ2v) is 9.13. The van der Waals surface area contributed by atoms with Crippen LogP contribution >= 0.6 is 0 Å². The van der Waals surface area contributed by atoms with Crippen molar-refractivity contribution in [3.63, 3.8) is 0 Å². The van der Waals surface area contributed by atoms with Gasteiger partial charge in [-0.25, -0.2) is 0 Å². The van der Waals surface area contributed by atoms with E-state index >= 15 is 0 Å². The van der Waals surface area contributed by atoms with Gasteiger partial charge in [-0.3, -0.25) is 0 Å². The molecule has 0 saturated carbocycles. The average molecular weight is 367 g/mol. The van der Waals surface area contributed by atoms with Crippen LogP contribution < -0.4 is 10.2 Å². The Kier molecular flexibility index (Phi) is 10.8. The topological polar surface area (TPSA) is 80.3 Å². The fraction of sp³-hybridized carbons (Fsp3) is 0.818. The Morgan fingerprint density at radius 1 is 0.654 bits per heavy atom. The normalized spacial score (nSPS) is 13.5. The summed E-state index contributed by atoms with van der Waals surface area (Å²) in [6, 6.07) is 0. The molecule has 0 aliphatic rings. The minimum absolute atomic E-state index is 0.0879. The van der Waals surface area contributed by atoms with Crippen molar-refractivity contribution < 1.29 is 19.8 Å². The predicted molar refractivity (Wildman–Crippen MR) is 102 cm³/mol. The standard InChI is InChI=1S/C22H40O4/c1-7-9-11-13-21(3,4)15-17(19(23)24)18(20(25)26)16-22(5,6)14-12-10-8-2/h7-16H2,1-6H3,(H,23,24)(H,25,26)/p-2/b18-17-. The van der Waals surface area contributed by atoms with Crippen molar-refractivity contribution in [1.29, 1.82) is 0 Å². The Balaban J connectivity index is 5.47. The van der Waals surface area contributed by atoms with Gasteiger partial charge in [-0.2, -0.15) is 0 Å². The monoisotopic (exact) mass is 366 g/mol. The maximum atomic E-state index is 11.7. The van der Waals surface area contributed by atoms with Gasteiger partial charge in [0, 0.05) is 0 Å². The Morgan fingerprint density at radius 3 is 1.19 bits per heavy atom. The van der Waals surface area contributed by atoms with Crippen LogP contribution in [0, 0.1) is 10.8 Å². The van der Waals surface area contributed by atoms with Crippen molar-refractivity contribution in [2.45, 2.75) is 106 Å². The molecule has 0 aliphatic carbocycles. The van der Waals surface area contributed by atoms with E-state index in [1.54, 1.807) is 0 Å². The smallest absolute Gasteiger partial charge is 0.0678 e. The third-order valence-electron chi connectivity index (χ3n) is 5.08. The molecule has 0 rings (SSSR count). The highest BCUT2D eigenvalue weighted by molar-refractivity contribution is 5.97. The van der Waals surface area contributed by atoms with Crippen LogP contribution in [-0.4, -0.2) is 11.9 Å². The molecule has 0 fully saturated rings. The molecule has 0 bridgehead atoms. The summed E-state index contributed by atoms with van der Waals surface area (Å²) in [6.45, 7) is 12.2. The van der Waals surface area contributed by atoms with Crippen LogP contribution in [0.2, 0.25) is 0 Å². The molecule has 0 amide bonds. The molecule has 0 aromatic rings. The largest absolute Gasteiger partial charge is 0.545 e. The predicted octanol–water partition coefficient (Wildman–Crippen LogP) is 3.78. The number of carboxylic acid groups (broad SMARTS) is 2. The molecule has 4 nitrogen and oxygen atoms in total. The van der Waals surface area contributed by atoms with Crippen LogP contribution in [-0.2, 0) is 9.59 Å². The van der Waals surface area contributed by atoms with Crippen LogP contribution in [0.5, 0.6) is 0 Å². The van der Waals surface area contributed by atoms with Crippen LogP contribution in [0.1, 0.15) is 106 Å². The second kappa shape index (κ2) is 11.4. The Morgan fingerprint density at radius 2 is 0.962 bits per heavy atom. The van der Waals surface area contributed by atoms with Crippen LogP contribution in [0.15, 0.2) is 11.1 Å². The Bertz CT molecular complexity index is 442. The van der Waals surface area contributed by atoms with E-state index in [4.69, 9.17) is 0 Å². The van der Waals surface area contributed by atoms with Gasteiger partial charge in [0.15, 0.2) is 0 Å². The van der Waals surface area contributed by atoms with Gasteiger partial charge in [-0.05, 0) is 47.7 Å². The first-order valence-corrected chi connectivity index (χ1v) is 10.1. The molecular formula is C22H38O4-2. The lowest BCUT2D eigenvalue weighted by molar-refractivity contribution is -0.304. The van der Waals surface area contributed by atoms with Gasteiger partial charge in [0.1, 0.15) is 0 Å². The molecule has 0 unspecified atom stereocenters. The van der Waals surface area contributed by atoms with Crippen LogP contribution in [0.4, 0.5) is 0 Å². The van der Waals surface area contributed by atoms with Crippen LogP contribution in [0.25, 0.3) is 0 Å². The summed E-state index contributed by atoms with van der Waals surface area (Å²) in [5.41, 5.74) is -0.736. The molecule has 0 aromatic heterocycles. The fourth-order valence-electron chi connectivity index (χ4n) is 3.45. The zero-order valence-electron chi connectivity index (χ0n) is 17.7. The number of carboxylic acids is 2. The van der Waals surface area contributed by atoms with Gasteiger partial charge in [0.25, 0.3) is 0 Å². The number of aliphatic carboxylic acids is 2. The molecular weight excluding hydrogens is 328 g/mol. The zero-order valence-corrected chi connectivity index (χ0v) is 17.7. The molecule has 0 atom stereocenters. The molecule has 0 aromatic carbocycles. The maximum Gasteiger partial charge on any atom is 0.0678 e. The van der Waals surface area contributed by atoms with Crippen molar-refractivity contribution >= 4 is 11.9 Å². The van der Waals surface area contributed by atoms with E-state index in [1.807, 2.05) is 27.7 Å². The van der Waals surface area contributed by atoms with Gasteiger partial charge in [0.2, 0.25) is 0 Å². The number of hydrogen-bond acceptors (Lipinski definition) is 4. The number of carbonyl (C=O) groups excluding carboxylic acids is 2. The summed E-state index contributed by atoms with van der Waals surface area (Å²) in [4.78, 5) is 23.5. The highest BCUT2D eigenvalue weighted by atomic mass is 16.4. The van der Waals surface area contributed by atoms with Gasteiger partial charge in [-0.15, -0.1) is 0 Å². The van der Waals surface area contributed by atoms with E-state index in [1.165, 1.54) is 0 Å². The van der Waals surface area contributed by atoms with Gasteiger partial charge >= 0.3 is 0 Å². The minimum atomic E-state index is -1.38. The lowest BCUT2D eigenvalue weighted by Crippen LogP contribution is -2.35. The minimum Gasteiger partial charge on any atom is -0.545 e. The summed E-state index contributed by atoms with van der Waals surface area (Å²) >= 11 is 0. The molecule has 0 heterocycles. The van der Waals surface area contributed by atoms with E-state index in [2.05, 4.69) is 13.8 Å². The maximum absolute atomic E-state index is 11.7. The zero-order chi connectivity index (χ0) is 20.4. The van der Waals surface area contributed by atoms with Crippen molar-refractivity contribution in [1.82, 2.24) is 0 Å². The van der Waals surface area contributed by atoms with Gasteiger partial charge in [-0.1, -0.05) is 80.1 Å². The van der Waals surface area contributed by atoms with Gasteiger partial charge < -0.3 is 19.8 Å². The van der Waals surface area contributed by atoms with E-state index in [0.717, 1.165) is 51.4 Å². The first kappa shape index (κ1) is 24.7. The van der Waals surface area contributed by atoms with E-state index in [-0.39, 0.29) is 34.8 Å². The van der Waals surface area contributed by atoms with E-state index < -0.39 is 11.9 Å². The molecule has 26 heavy (non-hydrogen) atoms. The number of rotatable bonds is 14. The van der Waals surface area contributed by atoms with Crippen molar-refractivity contribution in [2.75, 3.05) is 0 Å². The molecule has 0 aliphatic heterocycles. The second-order valence-electron chi connectivity index (χ2n) is 9.13. The van der Waals surface area contributed by atoms with Crippen molar-refractivity contribution in [2.24, 2.45) is 10.8 Å². The Labute approximate surface area is 160 Å². The average Bonchev–Trinajstić information content (AvgIpc) is 2.50. The summed E-state index contributed by atoms with van der Waals surface area (Å²) < 4.78 is 0. The van der Waals surface area contributed by atoms with Crippen molar-refractivity contribution in [3.8, 4) is 0 Å². The first-order chi connectivity index (χ1) is 12.0. The highest BCUT2D eigenvalue weighted by Gasteiger charge is 2.26. The first-order valence-electron chi connectivity index (χ1n) is 10.1. The summed E-state index contributed by atoms with van der Waals surface area (Å²) in [5.74, 6) is -2.76. The summed E-state index contributed by atoms with van der Waals surface area (Å²) in [6.07, 6.45) is 8.50. The quantitative estimate of drug-likeness (QED) is 0.346. The molecule has 0 saturated heterocycles. The lowest BCUT2D eigenvalue weighted by atomic mass is 9.76. The SMILES string of the molecule is CCCCCC(C)(C)C/C(C(=O)[O-])=C(\CC(C)(C)CCCCC)C(=O)[O-]. The Hall–Kier alpha value is -1.32. The molecule has 0 radical (unpaired) electrons. The van der Waals surface area contributed by atoms with Crippen LogP contribution in [0.3, 0.4) is 0 Å². The van der Waals surface area contributed by atoms with E-state index in [0.29, 0.717) is 0 Å². The number of unbranched alkanes of at least 4 members (excludes halogenated alkanes) is 4. The number of hydrogen-bond donors (Lipinski definition) is 0. The molecule has 0 N–H and O–H groups in total. The highest BCUT2D eigenvalue weighted by Crippen LogP contribution is 2.37. The van der Waals surface area contributed by atoms with Crippen molar-refractivity contribution in [3.05, 3.63) is 11.1 Å².